The van der Waals surface area contributed by atoms with Gasteiger partial charge in [0, 0.05) is 0 Å². The molecular formula is C16H24O6. The molecule has 0 saturated carbocycles. The molecule has 124 valence electrons. The molecule has 1 aromatic rings. The van der Waals surface area contributed by atoms with Crippen LogP contribution in [-0.2, 0) is 4.74 Å². The van der Waals surface area contributed by atoms with Gasteiger partial charge in [-0.1, -0.05) is 26.0 Å². The Bertz CT molecular complexity index is 460. The second-order valence-electron chi connectivity index (χ2n) is 5.69. The molecule has 0 spiro atoms. The minimum absolute atomic E-state index is 0.446. The van der Waals surface area contributed by atoms with Crippen molar-refractivity contribution in [3.63, 3.8) is 0 Å². The maximum Gasteiger partial charge on any atom is 0.229 e. The number of hydrogen-bond donors (Lipinski definition) is 4. The Morgan fingerprint density at radius 2 is 1.73 bits per heavy atom. The molecule has 1 saturated heterocycles. The van der Waals surface area contributed by atoms with Gasteiger partial charge in [0.15, 0.2) is 0 Å². The molecule has 0 aromatic heterocycles. The van der Waals surface area contributed by atoms with E-state index in [0.717, 1.165) is 6.42 Å². The topological polar surface area (TPSA) is 99.4 Å². The number of aliphatic hydroxyl groups is 4. The Kier molecular flexibility index (Phi) is 5.77. The molecule has 0 bridgehead atoms. The first-order chi connectivity index (χ1) is 10.5. The van der Waals surface area contributed by atoms with Crippen molar-refractivity contribution in [2.75, 3.05) is 6.61 Å². The summed E-state index contributed by atoms with van der Waals surface area (Å²) in [7, 11) is 0. The number of hydrogen-bond acceptors (Lipinski definition) is 6. The highest BCUT2D eigenvalue weighted by Gasteiger charge is 2.44. The molecule has 0 radical (unpaired) electrons. The van der Waals surface area contributed by atoms with Gasteiger partial charge in [-0.2, -0.15) is 0 Å². The molecule has 22 heavy (non-hydrogen) atoms. The summed E-state index contributed by atoms with van der Waals surface area (Å²) < 4.78 is 10.8. The van der Waals surface area contributed by atoms with Crippen LogP contribution in [0.3, 0.4) is 0 Å². The smallest absolute Gasteiger partial charge is 0.229 e. The fourth-order valence-corrected chi connectivity index (χ4v) is 2.41. The highest BCUT2D eigenvalue weighted by Crippen LogP contribution is 2.26. The molecule has 4 N–H and O–H groups in total. The molecule has 6 heteroatoms. The molecule has 1 aromatic carbocycles. The van der Waals surface area contributed by atoms with E-state index < -0.39 is 37.3 Å². The lowest BCUT2D eigenvalue weighted by Gasteiger charge is -2.39. The summed E-state index contributed by atoms with van der Waals surface area (Å²) in [4.78, 5) is 0. The van der Waals surface area contributed by atoms with Gasteiger partial charge in [-0.05, 0) is 30.0 Å². The Hall–Kier alpha value is -1.18. The largest absolute Gasteiger partial charge is 0.462 e. The summed E-state index contributed by atoms with van der Waals surface area (Å²) in [5.74, 6) is 0.928. The molecule has 1 unspecified atom stereocenters. The van der Waals surface area contributed by atoms with E-state index in [0.29, 0.717) is 11.7 Å². The standard InChI is InChI=1S/C16H24O6/c1-3-9(2)10-4-6-11(7-5-10)21-16-15(20)14(19)13(18)12(8-17)22-16/h4-7,9,12-20H,3,8H2,1-2H3/t9?,12-,13-,14+,15-,16-/m1/s1. The van der Waals surface area contributed by atoms with Crippen LogP contribution < -0.4 is 4.74 Å². The van der Waals surface area contributed by atoms with Crippen LogP contribution >= 0.6 is 0 Å². The lowest BCUT2D eigenvalue weighted by Crippen LogP contribution is -2.60. The minimum atomic E-state index is -1.43. The normalized spacial score (nSPS) is 33.5. The molecule has 1 fully saturated rings. The van der Waals surface area contributed by atoms with E-state index in [9.17, 15) is 15.3 Å². The van der Waals surface area contributed by atoms with E-state index in [1.807, 2.05) is 12.1 Å². The summed E-state index contributed by atoms with van der Waals surface area (Å²) in [6, 6.07) is 7.41. The highest BCUT2D eigenvalue weighted by atomic mass is 16.7. The maximum absolute atomic E-state index is 9.92. The van der Waals surface area contributed by atoms with Gasteiger partial charge in [0.25, 0.3) is 0 Å². The number of aliphatic hydroxyl groups excluding tert-OH is 4. The van der Waals surface area contributed by atoms with Crippen LogP contribution in [0.5, 0.6) is 5.75 Å². The van der Waals surface area contributed by atoms with Crippen molar-refractivity contribution in [3.05, 3.63) is 29.8 Å². The third-order valence-corrected chi connectivity index (χ3v) is 4.16. The van der Waals surface area contributed by atoms with Crippen LogP contribution in [0.2, 0.25) is 0 Å². The number of benzene rings is 1. The van der Waals surface area contributed by atoms with Crippen LogP contribution in [0, 0.1) is 0 Å². The molecule has 2 rings (SSSR count). The highest BCUT2D eigenvalue weighted by molar-refractivity contribution is 5.29. The first-order valence-corrected chi connectivity index (χ1v) is 7.55. The van der Waals surface area contributed by atoms with Crippen molar-refractivity contribution >= 4 is 0 Å². The Balaban J connectivity index is 2.05. The van der Waals surface area contributed by atoms with E-state index >= 15 is 0 Å². The van der Waals surface area contributed by atoms with Crippen molar-refractivity contribution in [2.24, 2.45) is 0 Å². The SMILES string of the molecule is CCC(C)c1ccc(O[C@@H]2O[C@H](CO)[C@@H](O)[C@H](O)[C@H]2O)cc1. The first kappa shape index (κ1) is 17.2. The lowest BCUT2D eigenvalue weighted by molar-refractivity contribution is -0.277. The molecule has 1 heterocycles. The summed E-state index contributed by atoms with van der Waals surface area (Å²) in [6.45, 7) is 3.77. The lowest BCUT2D eigenvalue weighted by atomic mass is 9.98. The number of ether oxygens (including phenoxy) is 2. The molecule has 6 atom stereocenters. The fourth-order valence-electron chi connectivity index (χ4n) is 2.41. The van der Waals surface area contributed by atoms with E-state index in [-0.39, 0.29) is 0 Å². The zero-order valence-electron chi connectivity index (χ0n) is 12.8. The quantitative estimate of drug-likeness (QED) is 0.627. The summed E-state index contributed by atoms with van der Waals surface area (Å²) >= 11 is 0. The molecule has 6 nitrogen and oxygen atoms in total. The zero-order chi connectivity index (χ0) is 16.3. The molecule has 0 aliphatic carbocycles. The van der Waals surface area contributed by atoms with Gasteiger partial charge in [-0.15, -0.1) is 0 Å². The molecule has 0 amide bonds. The van der Waals surface area contributed by atoms with Crippen molar-refractivity contribution in [2.45, 2.75) is 56.9 Å². The first-order valence-electron chi connectivity index (χ1n) is 7.55. The van der Waals surface area contributed by atoms with Crippen molar-refractivity contribution in [3.8, 4) is 5.75 Å². The predicted octanol–water partition coefficient (Wildman–Crippen LogP) is 0.379. The monoisotopic (exact) mass is 312 g/mol. The fraction of sp³-hybridized carbons (Fsp3) is 0.625. The third kappa shape index (κ3) is 3.59. The van der Waals surface area contributed by atoms with Gasteiger partial charge in [-0.3, -0.25) is 0 Å². The Labute approximate surface area is 129 Å². The predicted molar refractivity (Wildman–Crippen MR) is 79.5 cm³/mol. The van der Waals surface area contributed by atoms with Gasteiger partial charge in [-0.25, -0.2) is 0 Å². The van der Waals surface area contributed by atoms with E-state index in [1.54, 1.807) is 12.1 Å². The molecule has 1 aliphatic rings. The maximum atomic E-state index is 9.92. The van der Waals surface area contributed by atoms with E-state index in [2.05, 4.69) is 13.8 Å². The average molecular weight is 312 g/mol. The second kappa shape index (κ2) is 7.39. The van der Waals surface area contributed by atoms with Gasteiger partial charge in [0.1, 0.15) is 30.2 Å². The summed E-state index contributed by atoms with van der Waals surface area (Å²) in [5.41, 5.74) is 1.18. The molecule has 1 aliphatic heterocycles. The van der Waals surface area contributed by atoms with Crippen molar-refractivity contribution in [1.82, 2.24) is 0 Å². The number of rotatable bonds is 5. The second-order valence-corrected chi connectivity index (χ2v) is 5.69. The van der Waals surface area contributed by atoms with Crippen LogP contribution in [0.25, 0.3) is 0 Å². The average Bonchev–Trinajstić information content (AvgIpc) is 2.55. The summed E-state index contributed by atoms with van der Waals surface area (Å²) in [6.07, 6.45) is -5.30. The zero-order valence-corrected chi connectivity index (χ0v) is 12.8. The van der Waals surface area contributed by atoms with E-state index in [1.165, 1.54) is 5.56 Å². The van der Waals surface area contributed by atoms with Crippen LogP contribution in [0.1, 0.15) is 31.7 Å². The Morgan fingerprint density at radius 3 is 2.27 bits per heavy atom. The van der Waals surface area contributed by atoms with Gasteiger partial charge >= 0.3 is 0 Å². The van der Waals surface area contributed by atoms with Gasteiger partial charge in [0.2, 0.25) is 6.29 Å². The van der Waals surface area contributed by atoms with Crippen molar-refractivity contribution in [1.29, 1.82) is 0 Å². The third-order valence-electron chi connectivity index (χ3n) is 4.16. The van der Waals surface area contributed by atoms with Crippen LogP contribution in [0.15, 0.2) is 24.3 Å². The van der Waals surface area contributed by atoms with Gasteiger partial charge in [0.05, 0.1) is 6.61 Å². The Morgan fingerprint density at radius 1 is 1.09 bits per heavy atom. The molecular weight excluding hydrogens is 288 g/mol. The summed E-state index contributed by atoms with van der Waals surface area (Å²) in [5, 5.41) is 38.5. The van der Waals surface area contributed by atoms with E-state index in [4.69, 9.17) is 14.6 Å². The van der Waals surface area contributed by atoms with Gasteiger partial charge < -0.3 is 29.9 Å². The van der Waals surface area contributed by atoms with Crippen LogP contribution in [-0.4, -0.2) is 57.7 Å². The minimum Gasteiger partial charge on any atom is -0.462 e. The van der Waals surface area contributed by atoms with Crippen molar-refractivity contribution < 1.29 is 29.9 Å². The van der Waals surface area contributed by atoms with Crippen LogP contribution in [0.4, 0.5) is 0 Å².